The first-order valence-electron chi connectivity index (χ1n) is 11.9. The Morgan fingerprint density at radius 1 is 0.943 bits per heavy atom. The van der Waals surface area contributed by atoms with E-state index >= 15 is 0 Å². The van der Waals surface area contributed by atoms with Crippen LogP contribution in [0.5, 0.6) is 0 Å². The standard InChI is InChI=1S/C29H27FN2O3/c1-18-12-14-32(15-13-18)29(34)22-5-3-4-20(16-22)21-8-11-25-24(17-21)26(28(33)31-2)27(35-25)19-6-9-23(30)10-7-19/h3-11,16-18H,12-15H2,1-2H3,(H,31,33). The molecule has 1 aromatic heterocycles. The van der Waals surface area contributed by atoms with E-state index in [-0.39, 0.29) is 17.6 Å². The Kier molecular flexibility index (Phi) is 6.12. The minimum Gasteiger partial charge on any atom is -0.455 e. The number of furan rings is 1. The lowest BCUT2D eigenvalue weighted by molar-refractivity contribution is 0.0697. The molecule has 0 spiro atoms. The Morgan fingerprint density at radius 2 is 1.63 bits per heavy atom. The molecule has 3 aromatic carbocycles. The van der Waals surface area contributed by atoms with E-state index in [1.165, 1.54) is 12.1 Å². The summed E-state index contributed by atoms with van der Waals surface area (Å²) in [6, 6.07) is 19.1. The van der Waals surface area contributed by atoms with Crippen molar-refractivity contribution in [3.63, 3.8) is 0 Å². The van der Waals surface area contributed by atoms with Gasteiger partial charge in [0, 0.05) is 36.7 Å². The summed E-state index contributed by atoms with van der Waals surface area (Å²) in [5.41, 5.74) is 3.98. The number of nitrogens with one attached hydrogen (secondary N) is 1. The summed E-state index contributed by atoms with van der Waals surface area (Å²) < 4.78 is 19.5. The lowest BCUT2D eigenvalue weighted by Gasteiger charge is -2.30. The van der Waals surface area contributed by atoms with E-state index < -0.39 is 0 Å². The summed E-state index contributed by atoms with van der Waals surface area (Å²) in [5, 5.41) is 3.34. The highest BCUT2D eigenvalue weighted by Gasteiger charge is 2.23. The van der Waals surface area contributed by atoms with Gasteiger partial charge in [0.2, 0.25) is 0 Å². The molecule has 0 bridgehead atoms. The molecule has 0 unspecified atom stereocenters. The van der Waals surface area contributed by atoms with Gasteiger partial charge >= 0.3 is 0 Å². The molecule has 0 aliphatic carbocycles. The van der Waals surface area contributed by atoms with Gasteiger partial charge in [-0.3, -0.25) is 9.59 Å². The quantitative estimate of drug-likeness (QED) is 0.390. The third-order valence-corrected chi connectivity index (χ3v) is 6.76. The van der Waals surface area contributed by atoms with E-state index in [1.807, 2.05) is 47.4 Å². The molecule has 0 radical (unpaired) electrons. The SMILES string of the molecule is CNC(=O)c1c(-c2ccc(F)cc2)oc2ccc(-c3cccc(C(=O)N4CCC(C)CC4)c3)cc12. The zero-order valence-corrected chi connectivity index (χ0v) is 19.8. The number of likely N-dealkylation sites (tertiary alicyclic amines) is 1. The fraction of sp³-hybridized carbons (Fsp3) is 0.241. The second-order valence-corrected chi connectivity index (χ2v) is 9.16. The predicted molar refractivity (Wildman–Crippen MR) is 135 cm³/mol. The molecule has 0 saturated carbocycles. The van der Waals surface area contributed by atoms with Crippen LogP contribution in [0.15, 0.2) is 71.1 Å². The van der Waals surface area contributed by atoms with Crippen molar-refractivity contribution in [2.24, 2.45) is 5.92 Å². The molecular weight excluding hydrogens is 443 g/mol. The third-order valence-electron chi connectivity index (χ3n) is 6.76. The van der Waals surface area contributed by atoms with Gasteiger partial charge in [-0.25, -0.2) is 4.39 Å². The van der Waals surface area contributed by atoms with Crippen LogP contribution in [0.25, 0.3) is 33.4 Å². The van der Waals surface area contributed by atoms with Crippen LogP contribution in [0.3, 0.4) is 0 Å². The predicted octanol–water partition coefficient (Wildman–Crippen LogP) is 6.14. The lowest BCUT2D eigenvalue weighted by Crippen LogP contribution is -2.37. The number of hydrogen-bond acceptors (Lipinski definition) is 3. The first-order valence-corrected chi connectivity index (χ1v) is 11.9. The van der Waals surface area contributed by atoms with E-state index in [9.17, 15) is 14.0 Å². The Hall–Kier alpha value is -3.93. The van der Waals surface area contributed by atoms with Crippen molar-refractivity contribution >= 4 is 22.8 Å². The fourth-order valence-corrected chi connectivity index (χ4v) is 4.66. The number of amides is 2. The molecule has 1 N–H and O–H groups in total. The van der Waals surface area contributed by atoms with Crippen LogP contribution < -0.4 is 5.32 Å². The number of piperidine rings is 1. The summed E-state index contributed by atoms with van der Waals surface area (Å²) in [6.45, 7) is 3.79. The van der Waals surface area contributed by atoms with Crippen LogP contribution in [0, 0.1) is 11.7 Å². The van der Waals surface area contributed by atoms with Crippen LogP contribution in [-0.2, 0) is 0 Å². The summed E-state index contributed by atoms with van der Waals surface area (Å²) >= 11 is 0. The first-order chi connectivity index (χ1) is 16.9. The van der Waals surface area contributed by atoms with E-state index in [2.05, 4.69) is 12.2 Å². The summed E-state index contributed by atoms with van der Waals surface area (Å²) in [6.07, 6.45) is 2.06. The highest BCUT2D eigenvalue weighted by Crippen LogP contribution is 2.36. The number of carbonyl (C=O) groups excluding carboxylic acids is 2. The Balaban J connectivity index is 1.54. The summed E-state index contributed by atoms with van der Waals surface area (Å²) in [4.78, 5) is 27.9. The maximum atomic E-state index is 13.5. The van der Waals surface area contributed by atoms with Crippen molar-refractivity contribution in [2.75, 3.05) is 20.1 Å². The average molecular weight is 471 g/mol. The fourth-order valence-electron chi connectivity index (χ4n) is 4.66. The van der Waals surface area contributed by atoms with Gasteiger partial charge in [-0.1, -0.05) is 25.1 Å². The second kappa shape index (κ2) is 9.37. The van der Waals surface area contributed by atoms with Crippen molar-refractivity contribution in [3.05, 3.63) is 83.7 Å². The molecule has 2 heterocycles. The Morgan fingerprint density at radius 3 is 2.34 bits per heavy atom. The van der Waals surface area contributed by atoms with Crippen LogP contribution in [0.1, 0.15) is 40.5 Å². The van der Waals surface area contributed by atoms with Crippen molar-refractivity contribution in [1.82, 2.24) is 10.2 Å². The maximum Gasteiger partial charge on any atom is 0.255 e. The topological polar surface area (TPSA) is 62.6 Å². The van der Waals surface area contributed by atoms with Crippen molar-refractivity contribution in [3.8, 4) is 22.5 Å². The maximum absolute atomic E-state index is 13.5. The minimum atomic E-state index is -0.359. The molecular formula is C29H27FN2O3. The molecule has 1 aliphatic rings. The zero-order valence-electron chi connectivity index (χ0n) is 19.8. The molecule has 5 nitrogen and oxygen atoms in total. The van der Waals surface area contributed by atoms with Crippen LogP contribution >= 0.6 is 0 Å². The van der Waals surface area contributed by atoms with Gasteiger partial charge in [0.25, 0.3) is 11.8 Å². The second-order valence-electron chi connectivity index (χ2n) is 9.16. The molecule has 0 atom stereocenters. The smallest absolute Gasteiger partial charge is 0.255 e. The summed E-state index contributed by atoms with van der Waals surface area (Å²) in [5.74, 6) is 0.444. The Labute approximate surface area is 203 Å². The summed E-state index contributed by atoms with van der Waals surface area (Å²) in [7, 11) is 1.57. The lowest BCUT2D eigenvalue weighted by atomic mass is 9.97. The Bertz CT molecular complexity index is 1400. The monoisotopic (exact) mass is 470 g/mol. The number of hydrogen-bond donors (Lipinski definition) is 1. The number of fused-ring (bicyclic) bond motifs is 1. The van der Waals surface area contributed by atoms with E-state index in [0.29, 0.717) is 39.3 Å². The van der Waals surface area contributed by atoms with E-state index in [1.54, 1.807) is 19.2 Å². The molecule has 35 heavy (non-hydrogen) atoms. The molecule has 6 heteroatoms. The van der Waals surface area contributed by atoms with E-state index in [0.717, 1.165) is 37.1 Å². The largest absolute Gasteiger partial charge is 0.455 e. The zero-order chi connectivity index (χ0) is 24.5. The average Bonchev–Trinajstić information content (AvgIpc) is 3.27. The molecule has 5 rings (SSSR count). The van der Waals surface area contributed by atoms with Gasteiger partial charge in [-0.2, -0.15) is 0 Å². The van der Waals surface area contributed by atoms with Crippen LogP contribution in [-0.4, -0.2) is 36.9 Å². The van der Waals surface area contributed by atoms with Gasteiger partial charge in [-0.15, -0.1) is 0 Å². The molecule has 1 aliphatic heterocycles. The number of halogens is 1. The van der Waals surface area contributed by atoms with Crippen molar-refractivity contribution < 1.29 is 18.4 Å². The van der Waals surface area contributed by atoms with Crippen molar-refractivity contribution in [1.29, 1.82) is 0 Å². The number of benzene rings is 3. The highest BCUT2D eigenvalue weighted by atomic mass is 19.1. The molecule has 2 amide bonds. The van der Waals surface area contributed by atoms with E-state index in [4.69, 9.17) is 4.42 Å². The van der Waals surface area contributed by atoms with Gasteiger partial charge in [0.05, 0.1) is 5.56 Å². The third kappa shape index (κ3) is 4.44. The van der Waals surface area contributed by atoms with Crippen LogP contribution in [0.2, 0.25) is 0 Å². The van der Waals surface area contributed by atoms with Gasteiger partial charge in [0.1, 0.15) is 17.2 Å². The van der Waals surface area contributed by atoms with Gasteiger partial charge in [0.15, 0.2) is 0 Å². The van der Waals surface area contributed by atoms with Gasteiger partial charge < -0.3 is 14.6 Å². The number of carbonyl (C=O) groups is 2. The first kappa shape index (κ1) is 22.8. The van der Waals surface area contributed by atoms with Crippen molar-refractivity contribution in [2.45, 2.75) is 19.8 Å². The highest BCUT2D eigenvalue weighted by molar-refractivity contribution is 6.11. The molecule has 1 saturated heterocycles. The molecule has 178 valence electrons. The number of rotatable bonds is 4. The van der Waals surface area contributed by atoms with Gasteiger partial charge in [-0.05, 0) is 78.4 Å². The van der Waals surface area contributed by atoms with Crippen LogP contribution in [0.4, 0.5) is 4.39 Å². The normalized spacial score (nSPS) is 14.3. The minimum absolute atomic E-state index is 0.0489. The molecule has 4 aromatic rings. The number of nitrogens with zero attached hydrogens (tertiary/aromatic N) is 1. The molecule has 1 fully saturated rings.